The molecule has 0 saturated carbocycles. The number of aromatic amines is 1. The van der Waals surface area contributed by atoms with Crippen molar-refractivity contribution < 1.29 is 35.1 Å². The molecule has 1 N–H and O–H groups in total. The van der Waals surface area contributed by atoms with Gasteiger partial charge in [0.25, 0.3) is 0 Å². The van der Waals surface area contributed by atoms with Crippen molar-refractivity contribution in [3.63, 3.8) is 0 Å². The van der Waals surface area contributed by atoms with E-state index in [9.17, 15) is 30.7 Å². The molecule has 0 bridgehead atoms. The lowest BCUT2D eigenvalue weighted by molar-refractivity contribution is -0.147. The molecule has 2 aromatic heterocycles. The van der Waals surface area contributed by atoms with E-state index in [1.807, 2.05) is 0 Å². The van der Waals surface area contributed by atoms with Gasteiger partial charge in [-0.15, -0.1) is 0 Å². The second-order valence-corrected chi connectivity index (χ2v) is 9.02. The molecular weight excluding hydrogens is 532 g/mol. The smallest absolute Gasteiger partial charge is 0.356 e. The Hall–Kier alpha value is -3.41. The lowest BCUT2D eigenvalue weighted by Gasteiger charge is -2.37. The highest BCUT2D eigenvalue weighted by Crippen LogP contribution is 2.43. The SMILES string of the molecule is Cc1ccc([C@H]2c3[nH]c4ccc(Cl)cc4c3CCN2c2nc(C(F)(F)F)cc(C(F)(F)F)n2)c(F)c1F. The van der Waals surface area contributed by atoms with E-state index in [0.717, 1.165) is 4.90 Å². The van der Waals surface area contributed by atoms with E-state index < -0.39 is 47.4 Å². The summed E-state index contributed by atoms with van der Waals surface area (Å²) in [6.45, 7) is 1.13. The third-order valence-corrected chi connectivity index (χ3v) is 6.48. The molecule has 0 fully saturated rings. The van der Waals surface area contributed by atoms with Crippen LogP contribution in [0.15, 0.2) is 36.4 Å². The Balaban J connectivity index is 1.78. The third kappa shape index (κ3) is 4.36. The molecule has 0 radical (unpaired) electrons. The molecule has 0 aliphatic carbocycles. The number of fused-ring (bicyclic) bond motifs is 3. The zero-order valence-corrected chi connectivity index (χ0v) is 19.5. The summed E-state index contributed by atoms with van der Waals surface area (Å²) in [7, 11) is 0. The fourth-order valence-corrected chi connectivity index (χ4v) is 4.70. The first-order valence-corrected chi connectivity index (χ1v) is 11.2. The summed E-state index contributed by atoms with van der Waals surface area (Å²) in [5, 5.41) is 1.03. The highest BCUT2D eigenvalue weighted by molar-refractivity contribution is 6.31. The van der Waals surface area contributed by atoms with Crippen molar-refractivity contribution in [1.82, 2.24) is 15.0 Å². The van der Waals surface area contributed by atoms with Crippen LogP contribution in [0.5, 0.6) is 0 Å². The number of halogens is 9. The van der Waals surface area contributed by atoms with Crippen molar-refractivity contribution in [3.8, 4) is 0 Å². The first-order chi connectivity index (χ1) is 17.3. The molecule has 194 valence electrons. The van der Waals surface area contributed by atoms with E-state index >= 15 is 4.39 Å². The molecule has 3 heterocycles. The maximum Gasteiger partial charge on any atom is 0.433 e. The summed E-state index contributed by atoms with van der Waals surface area (Å²) >= 11 is 6.11. The van der Waals surface area contributed by atoms with Crippen LogP contribution in [-0.2, 0) is 18.8 Å². The van der Waals surface area contributed by atoms with Gasteiger partial charge in [-0.3, -0.25) is 0 Å². The van der Waals surface area contributed by atoms with Crippen LogP contribution in [0, 0.1) is 18.6 Å². The highest BCUT2D eigenvalue weighted by Gasteiger charge is 2.42. The van der Waals surface area contributed by atoms with Gasteiger partial charge >= 0.3 is 12.4 Å². The van der Waals surface area contributed by atoms with Gasteiger partial charge in [0.15, 0.2) is 23.0 Å². The molecule has 37 heavy (non-hydrogen) atoms. The zero-order chi connectivity index (χ0) is 26.9. The van der Waals surface area contributed by atoms with Crippen molar-refractivity contribution in [2.24, 2.45) is 0 Å². The fraction of sp³-hybridized carbons (Fsp3) is 0.250. The fourth-order valence-electron chi connectivity index (χ4n) is 4.53. The predicted octanol–water partition coefficient (Wildman–Crippen LogP) is 7.39. The van der Waals surface area contributed by atoms with Crippen LogP contribution in [0.4, 0.5) is 41.1 Å². The van der Waals surface area contributed by atoms with E-state index in [1.54, 1.807) is 18.2 Å². The third-order valence-electron chi connectivity index (χ3n) is 6.24. The molecule has 5 rings (SSSR count). The number of hydrogen-bond acceptors (Lipinski definition) is 3. The van der Waals surface area contributed by atoms with Crippen LogP contribution in [0.1, 0.15) is 39.8 Å². The lowest BCUT2D eigenvalue weighted by Crippen LogP contribution is -2.38. The molecule has 2 aromatic carbocycles. The molecule has 13 heteroatoms. The normalized spacial score (nSPS) is 16.4. The van der Waals surface area contributed by atoms with Gasteiger partial charge in [0.2, 0.25) is 5.95 Å². The van der Waals surface area contributed by atoms with Crippen LogP contribution >= 0.6 is 11.6 Å². The van der Waals surface area contributed by atoms with Gasteiger partial charge in [-0.1, -0.05) is 23.7 Å². The Morgan fingerprint density at radius 3 is 2.19 bits per heavy atom. The van der Waals surface area contributed by atoms with Crippen LogP contribution in [-0.4, -0.2) is 21.5 Å². The monoisotopic (exact) mass is 546 g/mol. The number of H-pyrrole nitrogens is 1. The second-order valence-electron chi connectivity index (χ2n) is 8.59. The van der Waals surface area contributed by atoms with E-state index in [1.165, 1.54) is 19.1 Å². The predicted molar refractivity (Wildman–Crippen MR) is 119 cm³/mol. The van der Waals surface area contributed by atoms with Crippen LogP contribution < -0.4 is 4.90 Å². The molecule has 1 atom stereocenters. The lowest BCUT2D eigenvalue weighted by atomic mass is 9.91. The molecule has 0 saturated heterocycles. The number of nitrogens with one attached hydrogen (secondary N) is 1. The molecule has 0 unspecified atom stereocenters. The number of nitrogens with zero attached hydrogens (tertiary/aromatic N) is 3. The van der Waals surface area contributed by atoms with Gasteiger partial charge < -0.3 is 9.88 Å². The number of hydrogen-bond donors (Lipinski definition) is 1. The average Bonchev–Trinajstić information content (AvgIpc) is 3.19. The van der Waals surface area contributed by atoms with Crippen molar-refractivity contribution >= 4 is 28.5 Å². The largest absolute Gasteiger partial charge is 0.433 e. The van der Waals surface area contributed by atoms with Crippen molar-refractivity contribution in [3.05, 3.63) is 86.8 Å². The molecule has 1 aliphatic rings. The van der Waals surface area contributed by atoms with Crippen molar-refractivity contribution in [1.29, 1.82) is 0 Å². The minimum atomic E-state index is -5.22. The number of benzene rings is 2. The van der Waals surface area contributed by atoms with Gasteiger partial charge in [0.05, 0.1) is 0 Å². The maximum absolute atomic E-state index is 15.2. The van der Waals surface area contributed by atoms with E-state index in [-0.39, 0.29) is 35.9 Å². The van der Waals surface area contributed by atoms with Crippen molar-refractivity contribution in [2.75, 3.05) is 11.4 Å². The summed E-state index contributed by atoms with van der Waals surface area (Å²) in [6.07, 6.45) is -10.3. The number of anilines is 1. The van der Waals surface area contributed by atoms with E-state index in [4.69, 9.17) is 11.6 Å². The highest BCUT2D eigenvalue weighted by atomic mass is 35.5. The van der Waals surface area contributed by atoms with Crippen LogP contribution in [0.25, 0.3) is 10.9 Å². The van der Waals surface area contributed by atoms with Crippen molar-refractivity contribution in [2.45, 2.75) is 31.7 Å². The maximum atomic E-state index is 15.2. The van der Waals surface area contributed by atoms with Crippen LogP contribution in [0.2, 0.25) is 5.02 Å². The topological polar surface area (TPSA) is 44.8 Å². The molecule has 0 spiro atoms. The minimum absolute atomic E-state index is 0.0260. The quantitative estimate of drug-likeness (QED) is 0.267. The van der Waals surface area contributed by atoms with Crippen LogP contribution in [0.3, 0.4) is 0 Å². The van der Waals surface area contributed by atoms with Gasteiger partial charge in [0.1, 0.15) is 6.04 Å². The standard InChI is InChI=1S/C24H15ClF8N4/c1-10-2-4-13(19(27)18(10)26)21-20-12(14-8-11(25)3-5-15(14)34-20)6-7-37(21)22-35-16(23(28,29)30)9-17(36-22)24(31,32)33/h2-5,8-9,21,34H,6-7H2,1H3/t21-/m0/s1. The first kappa shape index (κ1) is 25.2. The van der Waals surface area contributed by atoms with Gasteiger partial charge in [-0.05, 0) is 48.7 Å². The molecular formula is C24H15ClF8N4. The second kappa shape index (κ2) is 8.57. The Morgan fingerprint density at radius 1 is 0.919 bits per heavy atom. The zero-order valence-electron chi connectivity index (χ0n) is 18.7. The van der Waals surface area contributed by atoms with Gasteiger partial charge in [0, 0.05) is 33.7 Å². The molecule has 4 nitrogen and oxygen atoms in total. The number of alkyl halides is 6. The summed E-state index contributed by atoms with van der Waals surface area (Å²) in [5.41, 5.74) is -2.54. The molecule has 1 aliphatic heterocycles. The molecule has 0 amide bonds. The minimum Gasteiger partial charge on any atom is -0.356 e. The number of aromatic nitrogens is 3. The summed E-state index contributed by atoms with van der Waals surface area (Å²) in [4.78, 5) is 10.8. The number of aryl methyl sites for hydroxylation is 1. The van der Waals surface area contributed by atoms with E-state index in [0.29, 0.717) is 21.5 Å². The summed E-state index contributed by atoms with van der Waals surface area (Å²) in [5.74, 6) is -3.40. The Labute approximate surface area is 208 Å². The van der Waals surface area contributed by atoms with Gasteiger partial charge in [-0.2, -0.15) is 26.3 Å². The summed E-state index contributed by atoms with van der Waals surface area (Å²) in [6, 6.07) is 5.79. The Bertz CT molecular complexity index is 1490. The summed E-state index contributed by atoms with van der Waals surface area (Å²) < 4.78 is 111. The Morgan fingerprint density at radius 2 is 1.57 bits per heavy atom. The Kier molecular flexibility index (Phi) is 5.85. The average molecular weight is 547 g/mol. The molecule has 4 aromatic rings. The first-order valence-electron chi connectivity index (χ1n) is 10.8. The van der Waals surface area contributed by atoms with Gasteiger partial charge in [-0.25, -0.2) is 18.7 Å². The van der Waals surface area contributed by atoms with E-state index in [2.05, 4.69) is 15.0 Å². The number of rotatable bonds is 2.